The number of ether oxygens (including phenoxy) is 1. The fraction of sp³-hybridized carbons (Fsp3) is 0.438. The summed E-state index contributed by atoms with van der Waals surface area (Å²) in [5.74, 6) is 0.665. The van der Waals surface area contributed by atoms with Gasteiger partial charge in [0.1, 0.15) is 0 Å². The molecule has 1 unspecified atom stereocenters. The first kappa shape index (κ1) is 15.0. The predicted octanol–water partition coefficient (Wildman–Crippen LogP) is 3.74. The summed E-state index contributed by atoms with van der Waals surface area (Å²) in [4.78, 5) is 5.68. The predicted molar refractivity (Wildman–Crippen MR) is 84.6 cm³/mol. The zero-order valence-electron chi connectivity index (χ0n) is 12.3. The first-order valence-corrected chi connectivity index (χ1v) is 7.88. The third-order valence-corrected chi connectivity index (χ3v) is 4.22. The molecule has 108 valence electrons. The minimum atomic E-state index is 0.358. The molecule has 0 aromatic carbocycles. The molecule has 0 aliphatic rings. The van der Waals surface area contributed by atoms with Crippen molar-refractivity contribution in [3.63, 3.8) is 0 Å². The molecule has 1 N–H and O–H groups in total. The first-order chi connectivity index (χ1) is 9.74. The molecule has 0 amide bonds. The second kappa shape index (κ2) is 7.41. The average molecular weight is 290 g/mol. The Kier molecular flexibility index (Phi) is 5.56. The largest absolute Gasteiger partial charge is 0.481 e. The maximum atomic E-state index is 5.11. The van der Waals surface area contributed by atoms with Gasteiger partial charge in [-0.15, -0.1) is 11.3 Å². The van der Waals surface area contributed by atoms with Crippen LogP contribution in [0.5, 0.6) is 5.88 Å². The monoisotopic (exact) mass is 290 g/mol. The molecule has 2 aromatic rings. The fourth-order valence-electron chi connectivity index (χ4n) is 2.26. The van der Waals surface area contributed by atoms with Crippen LogP contribution >= 0.6 is 11.3 Å². The number of aryl methyl sites for hydroxylation is 1. The van der Waals surface area contributed by atoms with Crippen LogP contribution in [0.15, 0.2) is 29.8 Å². The number of aromatic nitrogens is 1. The maximum absolute atomic E-state index is 5.11. The van der Waals surface area contributed by atoms with Gasteiger partial charge in [-0.1, -0.05) is 13.0 Å². The molecule has 2 aromatic heterocycles. The lowest BCUT2D eigenvalue weighted by atomic mass is 10.0. The highest BCUT2D eigenvalue weighted by Crippen LogP contribution is 2.25. The summed E-state index contributed by atoms with van der Waals surface area (Å²) < 4.78 is 5.11. The highest BCUT2D eigenvalue weighted by Gasteiger charge is 2.15. The summed E-state index contributed by atoms with van der Waals surface area (Å²) in [6.07, 6.45) is 4.00. The lowest BCUT2D eigenvalue weighted by Crippen LogP contribution is -2.24. The van der Waals surface area contributed by atoms with Crippen LogP contribution in [0.1, 0.15) is 35.4 Å². The minimum absolute atomic E-state index is 0.358. The van der Waals surface area contributed by atoms with Gasteiger partial charge in [-0.3, -0.25) is 0 Å². The van der Waals surface area contributed by atoms with Gasteiger partial charge in [-0.05, 0) is 48.9 Å². The van der Waals surface area contributed by atoms with Gasteiger partial charge in [0.25, 0.3) is 0 Å². The Morgan fingerprint density at radius 2 is 2.20 bits per heavy atom. The van der Waals surface area contributed by atoms with Crippen molar-refractivity contribution >= 4 is 11.3 Å². The number of hydrogen-bond donors (Lipinski definition) is 1. The maximum Gasteiger partial charge on any atom is 0.212 e. The van der Waals surface area contributed by atoms with E-state index in [1.807, 2.05) is 23.6 Å². The van der Waals surface area contributed by atoms with E-state index in [1.165, 1.54) is 16.0 Å². The smallest absolute Gasteiger partial charge is 0.212 e. The van der Waals surface area contributed by atoms with E-state index in [4.69, 9.17) is 4.74 Å². The molecule has 2 rings (SSSR count). The van der Waals surface area contributed by atoms with Crippen LogP contribution in [0.2, 0.25) is 0 Å². The van der Waals surface area contributed by atoms with Gasteiger partial charge in [0, 0.05) is 23.2 Å². The van der Waals surface area contributed by atoms with E-state index >= 15 is 0 Å². The molecular formula is C16H22N2OS. The third-order valence-electron chi connectivity index (χ3n) is 3.36. The standard InChI is InChI=1S/C16H22N2OS/c1-4-8-17-15(14-7-9-20-12(14)2)10-13-5-6-16(19-3)18-11-13/h5-7,9,11,15,17H,4,8,10H2,1-3H3. The van der Waals surface area contributed by atoms with Crippen molar-refractivity contribution in [1.29, 1.82) is 0 Å². The van der Waals surface area contributed by atoms with E-state index < -0.39 is 0 Å². The van der Waals surface area contributed by atoms with E-state index in [2.05, 4.69) is 41.7 Å². The molecule has 2 heterocycles. The lowest BCUT2D eigenvalue weighted by molar-refractivity contribution is 0.397. The van der Waals surface area contributed by atoms with Crippen molar-refractivity contribution in [3.8, 4) is 5.88 Å². The van der Waals surface area contributed by atoms with Gasteiger partial charge in [-0.25, -0.2) is 4.98 Å². The van der Waals surface area contributed by atoms with Crippen LogP contribution in [0.3, 0.4) is 0 Å². The number of rotatable bonds is 7. The van der Waals surface area contributed by atoms with E-state index in [0.717, 1.165) is 19.4 Å². The topological polar surface area (TPSA) is 34.1 Å². The quantitative estimate of drug-likeness (QED) is 0.843. The van der Waals surface area contributed by atoms with E-state index in [-0.39, 0.29) is 0 Å². The third kappa shape index (κ3) is 3.81. The Hall–Kier alpha value is -1.39. The number of nitrogens with one attached hydrogen (secondary N) is 1. The summed E-state index contributed by atoms with van der Waals surface area (Å²) in [5, 5.41) is 5.80. The van der Waals surface area contributed by atoms with Gasteiger partial charge >= 0.3 is 0 Å². The van der Waals surface area contributed by atoms with Crippen LogP contribution in [0.25, 0.3) is 0 Å². The van der Waals surface area contributed by atoms with Gasteiger partial charge in [0.15, 0.2) is 0 Å². The molecule has 0 fully saturated rings. The second-order valence-corrected chi connectivity index (χ2v) is 5.97. The Labute approximate surface area is 125 Å². The van der Waals surface area contributed by atoms with Crippen molar-refractivity contribution in [1.82, 2.24) is 10.3 Å². The molecule has 0 saturated carbocycles. The summed E-state index contributed by atoms with van der Waals surface area (Å²) in [7, 11) is 1.64. The van der Waals surface area contributed by atoms with E-state index in [9.17, 15) is 0 Å². The molecule has 1 atom stereocenters. The molecule has 0 aliphatic heterocycles. The normalized spacial score (nSPS) is 12.3. The molecular weight excluding hydrogens is 268 g/mol. The number of hydrogen-bond acceptors (Lipinski definition) is 4. The van der Waals surface area contributed by atoms with Crippen LogP contribution in [0, 0.1) is 6.92 Å². The zero-order valence-corrected chi connectivity index (χ0v) is 13.2. The van der Waals surface area contributed by atoms with E-state index in [1.54, 1.807) is 7.11 Å². The van der Waals surface area contributed by atoms with Crippen molar-refractivity contribution in [2.24, 2.45) is 0 Å². The van der Waals surface area contributed by atoms with Gasteiger partial charge in [-0.2, -0.15) is 0 Å². The van der Waals surface area contributed by atoms with Crippen LogP contribution in [-0.2, 0) is 6.42 Å². The van der Waals surface area contributed by atoms with E-state index in [0.29, 0.717) is 11.9 Å². The second-order valence-electron chi connectivity index (χ2n) is 4.85. The van der Waals surface area contributed by atoms with Crippen molar-refractivity contribution in [3.05, 3.63) is 45.8 Å². The molecule has 3 nitrogen and oxygen atoms in total. The fourth-order valence-corrected chi connectivity index (χ4v) is 3.02. The molecule has 0 bridgehead atoms. The molecule has 0 aliphatic carbocycles. The lowest BCUT2D eigenvalue weighted by Gasteiger charge is -2.19. The molecule has 20 heavy (non-hydrogen) atoms. The average Bonchev–Trinajstić information content (AvgIpc) is 2.90. The summed E-state index contributed by atoms with van der Waals surface area (Å²) in [6, 6.07) is 6.60. The Balaban J connectivity index is 2.12. The van der Waals surface area contributed by atoms with Crippen LogP contribution in [-0.4, -0.2) is 18.6 Å². The number of pyridine rings is 1. The van der Waals surface area contributed by atoms with Gasteiger partial charge < -0.3 is 10.1 Å². The number of methoxy groups -OCH3 is 1. The molecule has 4 heteroatoms. The SMILES string of the molecule is CCCNC(Cc1ccc(OC)nc1)c1ccsc1C. The molecule has 0 saturated heterocycles. The molecule has 0 spiro atoms. The number of thiophene rings is 1. The van der Waals surface area contributed by atoms with Crippen LogP contribution < -0.4 is 10.1 Å². The Bertz CT molecular complexity index is 522. The zero-order chi connectivity index (χ0) is 14.4. The summed E-state index contributed by atoms with van der Waals surface area (Å²) >= 11 is 1.81. The summed E-state index contributed by atoms with van der Waals surface area (Å²) in [5.41, 5.74) is 2.63. The Morgan fingerprint density at radius 3 is 2.75 bits per heavy atom. The van der Waals surface area contributed by atoms with Gasteiger partial charge in [0.2, 0.25) is 5.88 Å². The van der Waals surface area contributed by atoms with Gasteiger partial charge in [0.05, 0.1) is 7.11 Å². The van der Waals surface area contributed by atoms with Crippen molar-refractivity contribution in [2.45, 2.75) is 32.7 Å². The Morgan fingerprint density at radius 1 is 1.35 bits per heavy atom. The van der Waals surface area contributed by atoms with Crippen molar-refractivity contribution in [2.75, 3.05) is 13.7 Å². The van der Waals surface area contributed by atoms with Crippen molar-refractivity contribution < 1.29 is 4.74 Å². The first-order valence-electron chi connectivity index (χ1n) is 7.01. The van der Waals surface area contributed by atoms with Crippen LogP contribution in [0.4, 0.5) is 0 Å². The highest BCUT2D eigenvalue weighted by atomic mass is 32.1. The highest BCUT2D eigenvalue weighted by molar-refractivity contribution is 7.10. The molecule has 0 radical (unpaired) electrons. The summed E-state index contributed by atoms with van der Waals surface area (Å²) in [6.45, 7) is 5.41. The minimum Gasteiger partial charge on any atom is -0.481 e. The number of nitrogens with zero attached hydrogens (tertiary/aromatic N) is 1.